The molecule has 4 heteroatoms. The second-order valence-corrected chi connectivity index (χ2v) is 5.02. The molecule has 0 bridgehead atoms. The van der Waals surface area contributed by atoms with Gasteiger partial charge in [-0.05, 0) is 24.6 Å². The molecule has 1 aliphatic carbocycles. The summed E-state index contributed by atoms with van der Waals surface area (Å²) in [6.07, 6.45) is 1.65. The minimum absolute atomic E-state index is 0.409. The first-order valence-corrected chi connectivity index (χ1v) is 6.36. The van der Waals surface area contributed by atoms with Crippen LogP contribution in [0.2, 0.25) is 0 Å². The van der Waals surface area contributed by atoms with E-state index in [1.807, 2.05) is 19.1 Å². The van der Waals surface area contributed by atoms with Crippen LogP contribution in [0.4, 0.5) is 0 Å². The Morgan fingerprint density at radius 3 is 2.58 bits per heavy atom. The topological polar surface area (TPSA) is 51.5 Å². The van der Waals surface area contributed by atoms with Crippen LogP contribution < -0.4 is 4.74 Å². The molecule has 0 saturated heterocycles. The molecule has 1 aliphatic rings. The Labute approximate surface area is 113 Å². The number of nitrogens with zero attached hydrogens (tertiary/aromatic N) is 1. The molecule has 0 amide bonds. The van der Waals surface area contributed by atoms with Gasteiger partial charge < -0.3 is 14.2 Å². The largest absolute Gasteiger partial charge is 0.492 e. The van der Waals surface area contributed by atoms with Crippen LogP contribution in [-0.4, -0.2) is 26.6 Å². The minimum Gasteiger partial charge on any atom is -0.492 e. The van der Waals surface area contributed by atoms with E-state index in [1.54, 1.807) is 20.3 Å². The van der Waals surface area contributed by atoms with Crippen LogP contribution in [0.15, 0.2) is 18.2 Å². The maximum absolute atomic E-state index is 9.03. The lowest BCUT2D eigenvalue weighted by Crippen LogP contribution is -2.49. The van der Waals surface area contributed by atoms with Gasteiger partial charge >= 0.3 is 0 Å². The second kappa shape index (κ2) is 5.60. The van der Waals surface area contributed by atoms with Gasteiger partial charge in [0.15, 0.2) is 5.79 Å². The summed E-state index contributed by atoms with van der Waals surface area (Å²) in [5.41, 5.74) is 1.67. The average molecular weight is 261 g/mol. The minimum atomic E-state index is -0.432. The number of hydrogen-bond donors (Lipinski definition) is 0. The molecule has 0 aromatic heterocycles. The fraction of sp³-hybridized carbons (Fsp3) is 0.533. The van der Waals surface area contributed by atoms with E-state index in [2.05, 4.69) is 6.07 Å². The van der Waals surface area contributed by atoms with Crippen molar-refractivity contribution < 1.29 is 14.2 Å². The van der Waals surface area contributed by atoms with Crippen LogP contribution in [0, 0.1) is 24.2 Å². The number of rotatable bonds is 5. The molecular formula is C15H19NO3. The van der Waals surface area contributed by atoms with E-state index in [4.69, 9.17) is 19.5 Å². The number of nitriles is 1. The van der Waals surface area contributed by atoms with Crippen molar-refractivity contribution >= 4 is 0 Å². The molecule has 102 valence electrons. The molecule has 1 aromatic rings. The standard InChI is InChI=1S/C15H19NO3/c1-11-4-5-13(9-16)14(6-11)19-10-12-7-15(8-12,17-2)18-3/h4-6,12H,7-8,10H2,1-3H3. The maximum atomic E-state index is 9.03. The van der Waals surface area contributed by atoms with Crippen LogP contribution in [-0.2, 0) is 9.47 Å². The van der Waals surface area contributed by atoms with E-state index in [1.165, 1.54) is 0 Å². The number of ether oxygens (including phenoxy) is 3. The summed E-state index contributed by atoms with van der Waals surface area (Å²) in [5.74, 6) is 0.639. The van der Waals surface area contributed by atoms with Crippen molar-refractivity contribution in [3.63, 3.8) is 0 Å². The first-order chi connectivity index (χ1) is 9.12. The molecule has 0 radical (unpaired) electrons. The molecule has 0 unspecified atom stereocenters. The molecule has 0 heterocycles. The molecular weight excluding hydrogens is 242 g/mol. The Balaban J connectivity index is 1.91. The smallest absolute Gasteiger partial charge is 0.168 e. The predicted octanol–water partition coefficient (Wildman–Crippen LogP) is 2.64. The summed E-state index contributed by atoms with van der Waals surface area (Å²) in [7, 11) is 3.32. The Hall–Kier alpha value is -1.57. The van der Waals surface area contributed by atoms with Crippen molar-refractivity contribution in [2.45, 2.75) is 25.6 Å². The predicted molar refractivity (Wildman–Crippen MR) is 70.9 cm³/mol. The highest BCUT2D eigenvalue weighted by Gasteiger charge is 2.45. The highest BCUT2D eigenvalue weighted by atomic mass is 16.7. The summed E-state index contributed by atoms with van der Waals surface area (Å²) >= 11 is 0. The van der Waals surface area contributed by atoms with E-state index in [0.29, 0.717) is 23.8 Å². The fourth-order valence-electron chi connectivity index (χ4n) is 2.40. The van der Waals surface area contributed by atoms with E-state index in [9.17, 15) is 0 Å². The first kappa shape index (κ1) is 13.9. The lowest BCUT2D eigenvalue weighted by Gasteiger charge is -2.44. The molecule has 2 rings (SSSR count). The lowest BCUT2D eigenvalue weighted by atomic mass is 9.79. The summed E-state index contributed by atoms with van der Waals surface area (Å²) in [6, 6.07) is 7.75. The number of hydrogen-bond acceptors (Lipinski definition) is 4. The molecule has 0 aliphatic heterocycles. The second-order valence-electron chi connectivity index (χ2n) is 5.02. The van der Waals surface area contributed by atoms with Gasteiger partial charge in [0.25, 0.3) is 0 Å². The maximum Gasteiger partial charge on any atom is 0.168 e. The summed E-state index contributed by atoms with van der Waals surface area (Å²) < 4.78 is 16.4. The number of aryl methyl sites for hydroxylation is 1. The van der Waals surface area contributed by atoms with E-state index in [0.717, 1.165) is 18.4 Å². The van der Waals surface area contributed by atoms with Gasteiger partial charge in [-0.2, -0.15) is 5.26 Å². The Morgan fingerprint density at radius 2 is 2.00 bits per heavy atom. The SMILES string of the molecule is COC1(OC)CC(COc2cc(C)ccc2C#N)C1. The Morgan fingerprint density at radius 1 is 1.32 bits per heavy atom. The Kier molecular flexibility index (Phi) is 4.08. The van der Waals surface area contributed by atoms with E-state index >= 15 is 0 Å². The normalized spacial score (nSPS) is 17.6. The van der Waals surface area contributed by atoms with Gasteiger partial charge in [0.1, 0.15) is 11.8 Å². The molecule has 0 N–H and O–H groups in total. The third-order valence-corrected chi connectivity index (χ3v) is 3.68. The molecule has 1 saturated carbocycles. The van der Waals surface area contributed by atoms with Crippen LogP contribution in [0.3, 0.4) is 0 Å². The van der Waals surface area contributed by atoms with Crippen molar-refractivity contribution in [1.29, 1.82) is 5.26 Å². The fourth-order valence-corrected chi connectivity index (χ4v) is 2.40. The van der Waals surface area contributed by atoms with Crippen molar-refractivity contribution in [2.24, 2.45) is 5.92 Å². The summed E-state index contributed by atoms with van der Waals surface area (Å²) in [4.78, 5) is 0. The highest BCUT2D eigenvalue weighted by Crippen LogP contribution is 2.41. The van der Waals surface area contributed by atoms with Gasteiger partial charge in [0.2, 0.25) is 0 Å². The van der Waals surface area contributed by atoms with Crippen molar-refractivity contribution in [3.05, 3.63) is 29.3 Å². The Bertz CT molecular complexity index is 481. The molecule has 0 spiro atoms. The zero-order valence-corrected chi connectivity index (χ0v) is 11.6. The monoisotopic (exact) mass is 261 g/mol. The van der Waals surface area contributed by atoms with Crippen molar-refractivity contribution in [2.75, 3.05) is 20.8 Å². The van der Waals surface area contributed by atoms with Crippen LogP contribution in [0.25, 0.3) is 0 Å². The molecule has 0 atom stereocenters. The van der Waals surface area contributed by atoms with E-state index < -0.39 is 5.79 Å². The van der Waals surface area contributed by atoms with Gasteiger partial charge in [0, 0.05) is 33.0 Å². The van der Waals surface area contributed by atoms with Crippen LogP contribution in [0.5, 0.6) is 5.75 Å². The van der Waals surface area contributed by atoms with Gasteiger partial charge in [-0.3, -0.25) is 0 Å². The summed E-state index contributed by atoms with van der Waals surface area (Å²) in [5, 5.41) is 9.03. The molecule has 19 heavy (non-hydrogen) atoms. The van der Waals surface area contributed by atoms with E-state index in [-0.39, 0.29) is 0 Å². The first-order valence-electron chi connectivity index (χ1n) is 6.36. The summed E-state index contributed by atoms with van der Waals surface area (Å²) in [6.45, 7) is 2.57. The number of methoxy groups -OCH3 is 2. The van der Waals surface area contributed by atoms with Crippen LogP contribution in [0.1, 0.15) is 24.0 Å². The molecule has 4 nitrogen and oxygen atoms in total. The third kappa shape index (κ3) is 2.89. The van der Waals surface area contributed by atoms with Crippen molar-refractivity contribution in [1.82, 2.24) is 0 Å². The number of benzene rings is 1. The quantitative estimate of drug-likeness (QED) is 0.765. The van der Waals surface area contributed by atoms with Gasteiger partial charge in [-0.1, -0.05) is 6.07 Å². The zero-order chi connectivity index (χ0) is 13.9. The highest BCUT2D eigenvalue weighted by molar-refractivity contribution is 5.45. The van der Waals surface area contributed by atoms with Gasteiger partial charge in [0.05, 0.1) is 12.2 Å². The van der Waals surface area contributed by atoms with Gasteiger partial charge in [-0.25, -0.2) is 0 Å². The third-order valence-electron chi connectivity index (χ3n) is 3.68. The zero-order valence-electron chi connectivity index (χ0n) is 11.6. The van der Waals surface area contributed by atoms with Crippen LogP contribution >= 0.6 is 0 Å². The lowest BCUT2D eigenvalue weighted by molar-refractivity contribution is -0.272. The average Bonchev–Trinajstić information content (AvgIpc) is 2.38. The molecule has 1 fully saturated rings. The van der Waals surface area contributed by atoms with Crippen molar-refractivity contribution in [3.8, 4) is 11.8 Å². The molecule has 1 aromatic carbocycles. The van der Waals surface area contributed by atoms with Gasteiger partial charge in [-0.15, -0.1) is 0 Å².